The predicted molar refractivity (Wildman–Crippen MR) is 114 cm³/mol. The summed E-state index contributed by atoms with van der Waals surface area (Å²) in [6, 6.07) is 3.84. The fourth-order valence-corrected chi connectivity index (χ4v) is 3.52. The number of hydrogen-bond donors (Lipinski definition) is 2. The molecule has 2 heterocycles. The number of amides is 1. The van der Waals surface area contributed by atoms with Crippen molar-refractivity contribution in [3.8, 4) is 17.2 Å². The van der Waals surface area contributed by atoms with Gasteiger partial charge in [-0.15, -0.1) is 0 Å². The van der Waals surface area contributed by atoms with E-state index in [-0.39, 0.29) is 23.6 Å². The lowest BCUT2D eigenvalue weighted by atomic mass is 10.0. The van der Waals surface area contributed by atoms with Gasteiger partial charge in [0, 0.05) is 12.2 Å². The summed E-state index contributed by atoms with van der Waals surface area (Å²) < 4.78 is 17.7. The van der Waals surface area contributed by atoms with Crippen LogP contribution in [0.25, 0.3) is 0 Å². The van der Waals surface area contributed by atoms with Gasteiger partial charge in [-0.2, -0.15) is 4.98 Å². The van der Waals surface area contributed by atoms with Gasteiger partial charge in [-0.05, 0) is 53.5 Å². The van der Waals surface area contributed by atoms with Gasteiger partial charge in [-0.3, -0.25) is 10.1 Å². The minimum absolute atomic E-state index is 0.124. The molecule has 0 aliphatic carbocycles. The molecule has 1 amide bonds. The fourth-order valence-electron chi connectivity index (χ4n) is 2.86. The minimum atomic E-state index is -0.462. The average Bonchev–Trinajstić information content (AvgIpc) is 3.18. The van der Waals surface area contributed by atoms with Gasteiger partial charge in [0.15, 0.2) is 11.6 Å². The highest BCUT2D eigenvalue weighted by molar-refractivity contribution is 14.1. The van der Waals surface area contributed by atoms with Crippen molar-refractivity contribution in [2.75, 3.05) is 24.8 Å². The van der Waals surface area contributed by atoms with Crippen LogP contribution in [0.15, 0.2) is 18.3 Å². The molecule has 0 bridgehead atoms. The number of nitrogens with zero attached hydrogens (tertiary/aromatic N) is 2. The first kappa shape index (κ1) is 20.6. The summed E-state index contributed by atoms with van der Waals surface area (Å²) in [5.74, 6) is 1.97. The summed E-state index contributed by atoms with van der Waals surface area (Å²) >= 11 is 2.19. The van der Waals surface area contributed by atoms with Gasteiger partial charge in [-0.1, -0.05) is 13.8 Å². The van der Waals surface area contributed by atoms with E-state index in [1.807, 2.05) is 12.1 Å². The lowest BCUT2D eigenvalue weighted by Crippen LogP contribution is -2.27. The number of aromatic nitrogens is 2. The Kier molecular flexibility index (Phi) is 6.55. The van der Waals surface area contributed by atoms with Crippen LogP contribution in [0.4, 0.5) is 11.8 Å². The van der Waals surface area contributed by atoms with Crippen molar-refractivity contribution in [1.82, 2.24) is 9.97 Å². The van der Waals surface area contributed by atoms with Crippen LogP contribution in [-0.2, 0) is 9.53 Å². The molecule has 150 valence electrons. The Balaban J connectivity index is 1.79. The Hall–Kier alpha value is -2.14. The Morgan fingerprint density at radius 3 is 2.75 bits per heavy atom. The lowest BCUT2D eigenvalue weighted by Gasteiger charge is -2.17. The Morgan fingerprint density at radius 2 is 2.14 bits per heavy atom. The highest BCUT2D eigenvalue weighted by atomic mass is 127. The Labute approximate surface area is 177 Å². The second-order valence-corrected chi connectivity index (χ2v) is 7.88. The second kappa shape index (κ2) is 8.91. The summed E-state index contributed by atoms with van der Waals surface area (Å²) in [6.45, 7) is 4.73. The summed E-state index contributed by atoms with van der Waals surface area (Å²) in [6.07, 6.45) is 2.55. The maximum Gasteiger partial charge on any atom is 0.255 e. The lowest BCUT2D eigenvalue weighted by molar-refractivity contribution is -0.124. The largest absolute Gasteiger partial charge is 0.496 e. The van der Waals surface area contributed by atoms with Crippen LogP contribution in [0.1, 0.15) is 38.2 Å². The van der Waals surface area contributed by atoms with E-state index in [1.165, 1.54) is 6.20 Å². The molecule has 1 aliphatic heterocycles. The third-order valence-corrected chi connectivity index (χ3v) is 5.21. The molecule has 8 nitrogen and oxygen atoms in total. The second-order valence-electron chi connectivity index (χ2n) is 6.72. The first-order valence-corrected chi connectivity index (χ1v) is 10.1. The molecule has 0 unspecified atom stereocenters. The van der Waals surface area contributed by atoms with Crippen molar-refractivity contribution >= 4 is 40.3 Å². The van der Waals surface area contributed by atoms with Crippen LogP contribution in [-0.4, -0.2) is 35.7 Å². The van der Waals surface area contributed by atoms with E-state index in [9.17, 15) is 4.79 Å². The first-order valence-electron chi connectivity index (χ1n) is 8.99. The molecular weight excluding hydrogens is 475 g/mol. The number of ether oxygens (including phenoxy) is 3. The number of halogens is 1. The zero-order valence-corrected chi connectivity index (χ0v) is 18.1. The van der Waals surface area contributed by atoms with E-state index in [2.05, 4.69) is 51.7 Å². The quantitative estimate of drug-likeness (QED) is 0.585. The maximum atomic E-state index is 12.1. The smallest absolute Gasteiger partial charge is 0.255 e. The molecule has 0 spiro atoms. The van der Waals surface area contributed by atoms with Gasteiger partial charge < -0.3 is 19.9 Å². The zero-order valence-electron chi connectivity index (χ0n) is 16.0. The topological polar surface area (TPSA) is 109 Å². The van der Waals surface area contributed by atoms with E-state index in [0.717, 1.165) is 21.3 Å². The molecule has 3 N–H and O–H groups in total. The number of nitrogens with two attached hydrogens (primary N) is 1. The number of benzene rings is 1. The number of anilines is 2. The van der Waals surface area contributed by atoms with Gasteiger partial charge in [-0.25, -0.2) is 4.98 Å². The van der Waals surface area contributed by atoms with Crippen molar-refractivity contribution in [3.05, 3.63) is 27.5 Å². The van der Waals surface area contributed by atoms with E-state index in [1.54, 1.807) is 7.11 Å². The Morgan fingerprint density at radius 1 is 1.36 bits per heavy atom. The normalized spacial score (nSPS) is 16.2. The standard InChI is InChI=1S/C19H23IN4O4/c1-10(2)11-7-15(26-3)12(20)8-14(11)28-16-9-22-19(23-17(16)21)24-18(25)13-5-4-6-27-13/h7-10,13H,4-6H2,1-3H3,(H3,21,22,23,24,25)/t13-/m0/s1. The zero-order chi connectivity index (χ0) is 20.3. The van der Waals surface area contributed by atoms with Crippen molar-refractivity contribution in [1.29, 1.82) is 0 Å². The summed E-state index contributed by atoms with van der Waals surface area (Å²) in [5, 5.41) is 2.63. The number of hydrogen-bond acceptors (Lipinski definition) is 7. The number of methoxy groups -OCH3 is 1. The molecule has 1 fully saturated rings. The Bertz CT molecular complexity index is 869. The molecule has 2 aromatic rings. The molecular formula is C19H23IN4O4. The van der Waals surface area contributed by atoms with Crippen molar-refractivity contribution in [3.63, 3.8) is 0 Å². The van der Waals surface area contributed by atoms with Gasteiger partial charge in [0.05, 0.1) is 16.9 Å². The molecule has 9 heteroatoms. The number of nitrogens with one attached hydrogen (secondary N) is 1. The minimum Gasteiger partial charge on any atom is -0.496 e. The van der Waals surface area contributed by atoms with Crippen LogP contribution in [0.2, 0.25) is 0 Å². The van der Waals surface area contributed by atoms with E-state index >= 15 is 0 Å². The van der Waals surface area contributed by atoms with Crippen LogP contribution in [0, 0.1) is 3.57 Å². The monoisotopic (exact) mass is 498 g/mol. The van der Waals surface area contributed by atoms with Crippen LogP contribution >= 0.6 is 22.6 Å². The van der Waals surface area contributed by atoms with Gasteiger partial charge in [0.25, 0.3) is 5.91 Å². The number of nitrogen functional groups attached to an aromatic ring is 1. The molecule has 0 saturated carbocycles. The van der Waals surface area contributed by atoms with E-state index < -0.39 is 6.10 Å². The number of carbonyl (C=O) groups excluding carboxylic acids is 1. The van der Waals surface area contributed by atoms with E-state index in [4.69, 9.17) is 19.9 Å². The SMILES string of the molecule is COc1cc(C(C)C)c(Oc2cnc(NC(=O)[C@@H]3CCCO3)nc2N)cc1I. The third kappa shape index (κ3) is 4.64. The van der Waals surface area contributed by atoms with Crippen molar-refractivity contribution in [2.45, 2.75) is 38.7 Å². The molecule has 0 radical (unpaired) electrons. The fraction of sp³-hybridized carbons (Fsp3) is 0.421. The highest BCUT2D eigenvalue weighted by Crippen LogP contribution is 2.37. The highest BCUT2D eigenvalue weighted by Gasteiger charge is 2.24. The van der Waals surface area contributed by atoms with Crippen LogP contribution in [0.5, 0.6) is 17.2 Å². The molecule has 1 aromatic carbocycles. The summed E-state index contributed by atoms with van der Waals surface area (Å²) in [4.78, 5) is 20.4. The number of rotatable bonds is 6. The predicted octanol–water partition coefficient (Wildman–Crippen LogP) is 3.71. The maximum absolute atomic E-state index is 12.1. The van der Waals surface area contributed by atoms with Crippen molar-refractivity contribution < 1.29 is 19.0 Å². The van der Waals surface area contributed by atoms with Gasteiger partial charge in [0.1, 0.15) is 17.6 Å². The molecule has 1 aliphatic rings. The van der Waals surface area contributed by atoms with Crippen LogP contribution in [0.3, 0.4) is 0 Å². The average molecular weight is 498 g/mol. The third-order valence-electron chi connectivity index (χ3n) is 4.37. The summed E-state index contributed by atoms with van der Waals surface area (Å²) in [7, 11) is 1.64. The van der Waals surface area contributed by atoms with Crippen molar-refractivity contribution in [2.24, 2.45) is 0 Å². The molecule has 1 atom stereocenters. The first-order chi connectivity index (χ1) is 13.4. The number of carbonyl (C=O) groups is 1. The van der Waals surface area contributed by atoms with E-state index in [0.29, 0.717) is 24.5 Å². The molecule has 1 aromatic heterocycles. The summed E-state index contributed by atoms with van der Waals surface area (Å²) in [5.41, 5.74) is 7.01. The van der Waals surface area contributed by atoms with Gasteiger partial charge >= 0.3 is 0 Å². The van der Waals surface area contributed by atoms with Gasteiger partial charge in [0.2, 0.25) is 5.95 Å². The van der Waals surface area contributed by atoms with Crippen LogP contribution < -0.4 is 20.5 Å². The molecule has 1 saturated heterocycles. The molecule has 28 heavy (non-hydrogen) atoms. The molecule has 3 rings (SSSR count).